The summed E-state index contributed by atoms with van der Waals surface area (Å²) in [5.74, 6) is 0.837. The Balaban J connectivity index is 3.78. The molecule has 18 heavy (non-hydrogen) atoms. The molecule has 0 aliphatic rings. The summed E-state index contributed by atoms with van der Waals surface area (Å²) >= 11 is 0. The number of hydrogen-bond acceptors (Lipinski definition) is 2. The van der Waals surface area contributed by atoms with Crippen LogP contribution in [0.4, 0.5) is 0 Å². The average molecular weight is 257 g/mol. The van der Waals surface area contributed by atoms with E-state index in [9.17, 15) is 9.59 Å². The summed E-state index contributed by atoms with van der Waals surface area (Å²) in [5.41, 5.74) is 0. The van der Waals surface area contributed by atoms with Crippen LogP contribution < -0.4 is 5.32 Å². The van der Waals surface area contributed by atoms with Crippen LogP contribution in [0, 0.1) is 17.8 Å². The fraction of sp³-hybridized carbons (Fsp3) is 0.857. The maximum Gasteiger partial charge on any atom is 0.303 e. The van der Waals surface area contributed by atoms with E-state index in [-0.39, 0.29) is 12.3 Å². The summed E-state index contributed by atoms with van der Waals surface area (Å²) in [7, 11) is 0. The minimum absolute atomic E-state index is 0.0340. The third kappa shape index (κ3) is 8.09. The number of rotatable bonds is 9. The molecule has 0 bridgehead atoms. The fourth-order valence-corrected chi connectivity index (χ4v) is 2.12. The third-order valence-corrected chi connectivity index (χ3v) is 3.29. The predicted octanol–water partition coefficient (Wildman–Crippen LogP) is 2.68. The van der Waals surface area contributed by atoms with Gasteiger partial charge in [0.05, 0.1) is 0 Å². The molecule has 0 heterocycles. The van der Waals surface area contributed by atoms with Gasteiger partial charge in [0.1, 0.15) is 0 Å². The molecule has 2 N–H and O–H groups in total. The van der Waals surface area contributed by atoms with Crippen LogP contribution in [0.3, 0.4) is 0 Å². The first kappa shape index (κ1) is 16.9. The minimum Gasteiger partial charge on any atom is -0.481 e. The second kappa shape index (κ2) is 8.95. The van der Waals surface area contributed by atoms with Crippen LogP contribution >= 0.6 is 0 Å². The molecule has 0 radical (unpaired) electrons. The lowest BCUT2D eigenvalue weighted by molar-refractivity contribution is -0.137. The lowest BCUT2D eigenvalue weighted by Gasteiger charge is -2.25. The number of amides is 1. The lowest BCUT2D eigenvalue weighted by atomic mass is 9.85. The van der Waals surface area contributed by atoms with E-state index in [0.29, 0.717) is 43.6 Å². The Kier molecular flexibility index (Phi) is 8.42. The third-order valence-electron chi connectivity index (χ3n) is 3.29. The monoisotopic (exact) mass is 257 g/mol. The first-order chi connectivity index (χ1) is 8.34. The Morgan fingerprint density at radius 3 is 1.94 bits per heavy atom. The van der Waals surface area contributed by atoms with Crippen molar-refractivity contribution in [1.82, 2.24) is 5.32 Å². The van der Waals surface area contributed by atoms with Gasteiger partial charge in [0.15, 0.2) is 0 Å². The van der Waals surface area contributed by atoms with Crippen LogP contribution in [0.2, 0.25) is 0 Å². The molecule has 106 valence electrons. The van der Waals surface area contributed by atoms with Gasteiger partial charge in [0.25, 0.3) is 0 Å². The highest BCUT2D eigenvalue weighted by atomic mass is 16.4. The summed E-state index contributed by atoms with van der Waals surface area (Å²) in [4.78, 5) is 21.9. The van der Waals surface area contributed by atoms with Gasteiger partial charge in [-0.3, -0.25) is 9.59 Å². The maximum absolute atomic E-state index is 11.6. The molecule has 0 saturated carbocycles. The molecule has 0 spiro atoms. The Hall–Kier alpha value is -1.06. The maximum atomic E-state index is 11.6. The minimum atomic E-state index is -0.796. The topological polar surface area (TPSA) is 66.4 Å². The molecule has 1 amide bonds. The molecule has 4 nitrogen and oxygen atoms in total. The van der Waals surface area contributed by atoms with E-state index in [2.05, 4.69) is 33.0 Å². The van der Waals surface area contributed by atoms with Crippen LogP contribution in [0.5, 0.6) is 0 Å². The second-order valence-corrected chi connectivity index (χ2v) is 5.56. The van der Waals surface area contributed by atoms with E-state index >= 15 is 0 Å². The summed E-state index contributed by atoms with van der Waals surface area (Å²) in [6.45, 7) is 9.40. The molecule has 0 aliphatic heterocycles. The molecule has 0 rings (SSSR count). The highest BCUT2D eigenvalue weighted by Gasteiger charge is 2.17. The quantitative estimate of drug-likeness (QED) is 0.624. The molecule has 0 atom stereocenters. The van der Waals surface area contributed by atoms with Gasteiger partial charge in [-0.1, -0.05) is 27.7 Å². The lowest BCUT2D eigenvalue weighted by Crippen LogP contribution is -2.33. The summed E-state index contributed by atoms with van der Waals surface area (Å²) < 4.78 is 0. The molecule has 0 saturated heterocycles. The molecule has 0 aromatic carbocycles. The summed E-state index contributed by atoms with van der Waals surface area (Å²) in [5, 5.41) is 11.4. The first-order valence-electron chi connectivity index (χ1n) is 6.83. The van der Waals surface area contributed by atoms with Crippen molar-refractivity contribution >= 4 is 11.9 Å². The van der Waals surface area contributed by atoms with Crippen molar-refractivity contribution in [3.63, 3.8) is 0 Å². The standard InChI is InChI=1S/C14H27NO3/c1-10(2)12(11(3)4)9-15-13(16)7-5-6-8-14(17)18/h10-12H,5-9H2,1-4H3,(H,15,16)(H,17,18). The highest BCUT2D eigenvalue weighted by Crippen LogP contribution is 2.19. The van der Waals surface area contributed by atoms with Crippen LogP contribution in [0.1, 0.15) is 53.4 Å². The van der Waals surface area contributed by atoms with Gasteiger partial charge in [-0.2, -0.15) is 0 Å². The van der Waals surface area contributed by atoms with Crippen molar-refractivity contribution < 1.29 is 14.7 Å². The van der Waals surface area contributed by atoms with E-state index in [0.717, 1.165) is 0 Å². The number of carboxylic acid groups (broad SMARTS) is 1. The molecule has 0 aromatic rings. The van der Waals surface area contributed by atoms with Crippen molar-refractivity contribution in [2.45, 2.75) is 53.4 Å². The van der Waals surface area contributed by atoms with E-state index < -0.39 is 5.97 Å². The van der Waals surface area contributed by atoms with Gasteiger partial charge >= 0.3 is 5.97 Å². The molecule has 0 unspecified atom stereocenters. The highest BCUT2D eigenvalue weighted by molar-refractivity contribution is 5.75. The molecule has 0 fully saturated rings. The second-order valence-electron chi connectivity index (χ2n) is 5.56. The van der Waals surface area contributed by atoms with Crippen molar-refractivity contribution in [2.24, 2.45) is 17.8 Å². The average Bonchev–Trinajstić information content (AvgIpc) is 2.23. The van der Waals surface area contributed by atoms with Crippen molar-refractivity contribution in [1.29, 1.82) is 0 Å². The van der Waals surface area contributed by atoms with E-state index in [1.54, 1.807) is 0 Å². The zero-order valence-electron chi connectivity index (χ0n) is 12.0. The molecule has 4 heteroatoms. The van der Waals surface area contributed by atoms with Crippen LogP contribution in [-0.2, 0) is 9.59 Å². The normalized spacial score (nSPS) is 11.3. The molecular formula is C14H27NO3. The fourth-order valence-electron chi connectivity index (χ4n) is 2.12. The van der Waals surface area contributed by atoms with Crippen molar-refractivity contribution in [3.8, 4) is 0 Å². The van der Waals surface area contributed by atoms with Gasteiger partial charge in [-0.25, -0.2) is 0 Å². The van der Waals surface area contributed by atoms with Gasteiger partial charge in [-0.15, -0.1) is 0 Å². The first-order valence-corrected chi connectivity index (χ1v) is 6.83. The number of nitrogens with one attached hydrogen (secondary N) is 1. The number of aliphatic carboxylic acids is 1. The van der Waals surface area contributed by atoms with Gasteiger partial charge in [0.2, 0.25) is 5.91 Å². The SMILES string of the molecule is CC(C)C(CNC(=O)CCCCC(=O)O)C(C)C. The van der Waals surface area contributed by atoms with E-state index in [4.69, 9.17) is 5.11 Å². The Morgan fingerprint density at radius 1 is 1.00 bits per heavy atom. The molecule has 0 aliphatic carbocycles. The van der Waals surface area contributed by atoms with E-state index in [1.807, 2.05) is 0 Å². The number of unbranched alkanes of at least 4 members (excludes halogenated alkanes) is 1. The number of hydrogen-bond donors (Lipinski definition) is 2. The Bertz CT molecular complexity index is 254. The summed E-state index contributed by atoms with van der Waals surface area (Å²) in [6, 6.07) is 0. The van der Waals surface area contributed by atoms with Crippen LogP contribution in [0.25, 0.3) is 0 Å². The molecule has 0 aromatic heterocycles. The number of carboxylic acids is 1. The smallest absolute Gasteiger partial charge is 0.303 e. The largest absolute Gasteiger partial charge is 0.481 e. The zero-order chi connectivity index (χ0) is 14.1. The Labute approximate surface area is 110 Å². The van der Waals surface area contributed by atoms with Crippen LogP contribution in [0.15, 0.2) is 0 Å². The molecular weight excluding hydrogens is 230 g/mol. The van der Waals surface area contributed by atoms with Gasteiger partial charge in [-0.05, 0) is 30.6 Å². The van der Waals surface area contributed by atoms with Crippen LogP contribution in [-0.4, -0.2) is 23.5 Å². The zero-order valence-corrected chi connectivity index (χ0v) is 12.0. The van der Waals surface area contributed by atoms with Crippen molar-refractivity contribution in [3.05, 3.63) is 0 Å². The van der Waals surface area contributed by atoms with Gasteiger partial charge in [0, 0.05) is 19.4 Å². The predicted molar refractivity (Wildman–Crippen MR) is 72.3 cm³/mol. The van der Waals surface area contributed by atoms with Gasteiger partial charge < -0.3 is 10.4 Å². The number of carbonyl (C=O) groups is 2. The van der Waals surface area contributed by atoms with Crippen molar-refractivity contribution in [2.75, 3.05) is 6.54 Å². The van der Waals surface area contributed by atoms with E-state index in [1.165, 1.54) is 0 Å². The Morgan fingerprint density at radius 2 is 1.50 bits per heavy atom. The summed E-state index contributed by atoms with van der Waals surface area (Å²) in [6.07, 6.45) is 1.79. The number of carbonyl (C=O) groups excluding carboxylic acids is 1.